The number of fused-ring (bicyclic) bond motifs is 2. The summed E-state index contributed by atoms with van der Waals surface area (Å²) in [7, 11) is 0. The quantitative estimate of drug-likeness (QED) is 0.839. The summed E-state index contributed by atoms with van der Waals surface area (Å²) in [5.74, 6) is 1.17. The fourth-order valence-electron chi connectivity index (χ4n) is 2.83. The molecule has 21 heavy (non-hydrogen) atoms. The summed E-state index contributed by atoms with van der Waals surface area (Å²) in [4.78, 5) is 22.5. The normalized spacial score (nSPS) is 20.5. The Kier molecular flexibility index (Phi) is 4.31. The number of carbonyl (C=O) groups excluding carboxylic acids is 1. The summed E-state index contributed by atoms with van der Waals surface area (Å²) < 4.78 is 0. The number of para-hydroxylation sites is 1. The molecule has 0 N–H and O–H groups in total. The predicted molar refractivity (Wildman–Crippen MR) is 87.3 cm³/mol. The van der Waals surface area contributed by atoms with Gasteiger partial charge in [0.15, 0.2) is 0 Å². The van der Waals surface area contributed by atoms with Crippen LogP contribution in [0.15, 0.2) is 34.2 Å². The second kappa shape index (κ2) is 6.20. The highest BCUT2D eigenvalue weighted by atomic mass is 32.2. The lowest BCUT2D eigenvalue weighted by molar-refractivity contribution is -0.125. The Morgan fingerprint density at radius 3 is 2.86 bits per heavy atom. The lowest BCUT2D eigenvalue weighted by Gasteiger charge is -2.26. The minimum Gasteiger partial charge on any atom is -0.302 e. The van der Waals surface area contributed by atoms with Gasteiger partial charge in [-0.3, -0.25) is 9.69 Å². The van der Waals surface area contributed by atoms with Crippen molar-refractivity contribution < 1.29 is 4.79 Å². The van der Waals surface area contributed by atoms with Gasteiger partial charge in [-0.05, 0) is 25.2 Å². The highest BCUT2D eigenvalue weighted by Gasteiger charge is 2.39. The average molecular weight is 303 g/mol. The molecule has 0 aliphatic carbocycles. The smallest absolute Gasteiger partial charge is 0.229 e. The standard InChI is InChI=1S/C16H21N3OS/c1-3-18(4-2)9-10-19-15(20)11-14-16(19)17-12-7-5-6-8-13(12)21-14/h5-8,14H,3-4,9-11H2,1-2H3. The third-order valence-corrected chi connectivity index (χ3v) is 5.39. The third kappa shape index (κ3) is 2.85. The van der Waals surface area contributed by atoms with Crippen molar-refractivity contribution in [1.29, 1.82) is 0 Å². The van der Waals surface area contributed by atoms with Crippen molar-refractivity contribution in [2.75, 3.05) is 26.2 Å². The van der Waals surface area contributed by atoms with E-state index in [1.54, 1.807) is 11.8 Å². The number of likely N-dealkylation sites (N-methyl/N-ethyl adjacent to an activating group) is 1. The Balaban J connectivity index is 1.79. The maximum absolute atomic E-state index is 12.3. The largest absolute Gasteiger partial charge is 0.302 e. The van der Waals surface area contributed by atoms with Crippen LogP contribution in [-0.2, 0) is 4.79 Å². The average Bonchev–Trinajstić information content (AvgIpc) is 2.81. The lowest BCUT2D eigenvalue weighted by Crippen LogP contribution is -2.39. The van der Waals surface area contributed by atoms with Crippen molar-refractivity contribution in [1.82, 2.24) is 9.80 Å². The van der Waals surface area contributed by atoms with Crippen LogP contribution in [-0.4, -0.2) is 53.0 Å². The molecule has 3 rings (SSSR count). The number of hydrogen-bond donors (Lipinski definition) is 0. The maximum Gasteiger partial charge on any atom is 0.229 e. The molecule has 4 nitrogen and oxygen atoms in total. The zero-order valence-electron chi connectivity index (χ0n) is 12.6. The molecule has 2 aliphatic heterocycles. The molecule has 0 radical (unpaired) electrons. The molecule has 1 aromatic carbocycles. The van der Waals surface area contributed by atoms with Crippen LogP contribution in [0.4, 0.5) is 5.69 Å². The van der Waals surface area contributed by atoms with Gasteiger partial charge in [0.05, 0.1) is 10.9 Å². The van der Waals surface area contributed by atoms with Crippen molar-refractivity contribution >= 4 is 29.2 Å². The van der Waals surface area contributed by atoms with E-state index in [9.17, 15) is 4.79 Å². The lowest BCUT2D eigenvalue weighted by atomic mass is 10.3. The van der Waals surface area contributed by atoms with Crippen LogP contribution >= 0.6 is 11.8 Å². The number of hydrogen-bond acceptors (Lipinski definition) is 4. The minimum atomic E-state index is 0.198. The van der Waals surface area contributed by atoms with Crippen molar-refractivity contribution in [3.05, 3.63) is 24.3 Å². The van der Waals surface area contributed by atoms with Gasteiger partial charge in [0, 0.05) is 24.4 Å². The molecule has 1 atom stereocenters. The van der Waals surface area contributed by atoms with E-state index in [2.05, 4.69) is 24.8 Å². The molecule has 1 amide bonds. The summed E-state index contributed by atoms with van der Waals surface area (Å²) in [5, 5.41) is 0.198. The van der Waals surface area contributed by atoms with Crippen LogP contribution < -0.4 is 0 Å². The van der Waals surface area contributed by atoms with E-state index in [-0.39, 0.29) is 11.2 Å². The first kappa shape index (κ1) is 14.6. The van der Waals surface area contributed by atoms with Gasteiger partial charge in [0.1, 0.15) is 5.84 Å². The first-order valence-electron chi connectivity index (χ1n) is 7.60. The van der Waals surface area contributed by atoms with E-state index in [4.69, 9.17) is 4.99 Å². The molecule has 1 aromatic rings. The number of thioether (sulfide) groups is 1. The van der Waals surface area contributed by atoms with Crippen LogP contribution in [0.3, 0.4) is 0 Å². The number of nitrogens with zero attached hydrogens (tertiary/aromatic N) is 3. The molecule has 0 saturated carbocycles. The van der Waals surface area contributed by atoms with Crippen molar-refractivity contribution in [2.45, 2.75) is 30.4 Å². The van der Waals surface area contributed by atoms with Crippen molar-refractivity contribution in [3.63, 3.8) is 0 Å². The van der Waals surface area contributed by atoms with E-state index >= 15 is 0 Å². The number of benzene rings is 1. The van der Waals surface area contributed by atoms with Crippen molar-refractivity contribution in [2.24, 2.45) is 4.99 Å². The van der Waals surface area contributed by atoms with Crippen LogP contribution in [0.5, 0.6) is 0 Å². The molecule has 2 heterocycles. The Morgan fingerprint density at radius 1 is 1.33 bits per heavy atom. The van der Waals surface area contributed by atoms with Gasteiger partial charge in [-0.2, -0.15) is 0 Å². The zero-order chi connectivity index (χ0) is 14.8. The summed E-state index contributed by atoms with van der Waals surface area (Å²) >= 11 is 1.77. The van der Waals surface area contributed by atoms with Gasteiger partial charge < -0.3 is 4.90 Å². The van der Waals surface area contributed by atoms with Crippen LogP contribution in [0.2, 0.25) is 0 Å². The highest BCUT2D eigenvalue weighted by Crippen LogP contribution is 2.42. The molecule has 1 unspecified atom stereocenters. The van der Waals surface area contributed by atoms with E-state index < -0.39 is 0 Å². The molecule has 5 heteroatoms. The molecule has 1 fully saturated rings. The molecule has 0 bridgehead atoms. The second-order valence-electron chi connectivity index (χ2n) is 5.32. The van der Waals surface area contributed by atoms with E-state index in [1.165, 1.54) is 4.90 Å². The number of amides is 1. The maximum atomic E-state index is 12.3. The highest BCUT2D eigenvalue weighted by molar-refractivity contribution is 8.01. The van der Waals surface area contributed by atoms with Crippen molar-refractivity contribution in [3.8, 4) is 0 Å². The summed E-state index contributed by atoms with van der Waals surface area (Å²) in [5.41, 5.74) is 0.997. The fourth-order valence-corrected chi connectivity index (χ4v) is 4.04. The summed E-state index contributed by atoms with van der Waals surface area (Å²) in [6.07, 6.45) is 0.579. The molecule has 2 aliphatic rings. The SMILES string of the molecule is CCN(CC)CCN1C(=O)CC2Sc3ccccc3N=C21. The molecular formula is C16H21N3OS. The Hall–Kier alpha value is -1.33. The van der Waals surface area contributed by atoms with Crippen LogP contribution in [0.1, 0.15) is 20.3 Å². The predicted octanol–water partition coefficient (Wildman–Crippen LogP) is 2.77. The number of carbonyl (C=O) groups is 1. The molecule has 112 valence electrons. The number of rotatable bonds is 5. The molecule has 0 aromatic heterocycles. The van der Waals surface area contributed by atoms with Gasteiger partial charge in [0.25, 0.3) is 0 Å². The van der Waals surface area contributed by atoms with Gasteiger partial charge in [-0.25, -0.2) is 4.99 Å². The Bertz CT molecular complexity index is 568. The van der Waals surface area contributed by atoms with Gasteiger partial charge in [-0.1, -0.05) is 26.0 Å². The van der Waals surface area contributed by atoms with Gasteiger partial charge in [-0.15, -0.1) is 11.8 Å². The number of likely N-dealkylation sites (tertiary alicyclic amines) is 1. The van der Waals surface area contributed by atoms with E-state index in [1.807, 2.05) is 23.1 Å². The third-order valence-electron chi connectivity index (χ3n) is 4.13. The van der Waals surface area contributed by atoms with Crippen LogP contribution in [0, 0.1) is 0 Å². The Labute approximate surface area is 130 Å². The monoisotopic (exact) mass is 303 g/mol. The number of amidine groups is 1. The first-order valence-corrected chi connectivity index (χ1v) is 8.47. The fraction of sp³-hybridized carbons (Fsp3) is 0.500. The minimum absolute atomic E-state index is 0.198. The molecular weight excluding hydrogens is 282 g/mol. The summed E-state index contributed by atoms with van der Waals surface area (Å²) in [6.45, 7) is 8.01. The topological polar surface area (TPSA) is 35.9 Å². The zero-order valence-corrected chi connectivity index (χ0v) is 13.4. The van der Waals surface area contributed by atoms with E-state index in [0.29, 0.717) is 6.42 Å². The Morgan fingerprint density at radius 2 is 2.10 bits per heavy atom. The molecule has 1 saturated heterocycles. The second-order valence-corrected chi connectivity index (χ2v) is 6.57. The van der Waals surface area contributed by atoms with Gasteiger partial charge in [0.2, 0.25) is 5.91 Å². The number of aliphatic imine (C=N–C) groups is 1. The summed E-state index contributed by atoms with van der Waals surface area (Å²) in [6, 6.07) is 8.14. The van der Waals surface area contributed by atoms with E-state index in [0.717, 1.165) is 37.7 Å². The first-order chi connectivity index (χ1) is 10.2. The molecule has 0 spiro atoms. The van der Waals surface area contributed by atoms with Crippen LogP contribution in [0.25, 0.3) is 0 Å². The van der Waals surface area contributed by atoms with Gasteiger partial charge >= 0.3 is 0 Å².